The van der Waals surface area contributed by atoms with Crippen molar-refractivity contribution in [1.29, 1.82) is 0 Å². The van der Waals surface area contributed by atoms with Crippen LogP contribution in [0.2, 0.25) is 0 Å². The number of para-hydroxylation sites is 1. The SMILES string of the molecule is COc1ccc(/C=N/NC(=O)COc2ccccc2)c2ccccc12. The molecule has 25 heavy (non-hydrogen) atoms. The molecule has 5 nitrogen and oxygen atoms in total. The van der Waals surface area contributed by atoms with Crippen LogP contribution in [0.1, 0.15) is 5.56 Å². The number of hydrogen-bond acceptors (Lipinski definition) is 4. The Balaban J connectivity index is 1.64. The Hall–Kier alpha value is -3.34. The Kier molecular flexibility index (Phi) is 5.26. The summed E-state index contributed by atoms with van der Waals surface area (Å²) in [6.45, 7) is -0.0925. The molecular formula is C20H18N2O3. The molecule has 0 bridgehead atoms. The van der Waals surface area contributed by atoms with E-state index in [1.54, 1.807) is 25.5 Å². The van der Waals surface area contributed by atoms with Crippen molar-refractivity contribution in [3.8, 4) is 11.5 Å². The van der Waals surface area contributed by atoms with Gasteiger partial charge in [0.25, 0.3) is 5.91 Å². The van der Waals surface area contributed by atoms with Crippen molar-refractivity contribution in [2.75, 3.05) is 13.7 Å². The van der Waals surface area contributed by atoms with E-state index >= 15 is 0 Å². The van der Waals surface area contributed by atoms with E-state index in [0.29, 0.717) is 5.75 Å². The number of ether oxygens (including phenoxy) is 2. The van der Waals surface area contributed by atoms with Crippen LogP contribution in [0.15, 0.2) is 71.8 Å². The second-order valence-corrected chi connectivity index (χ2v) is 5.30. The highest BCUT2D eigenvalue weighted by Gasteiger charge is 2.05. The van der Waals surface area contributed by atoms with Gasteiger partial charge in [0, 0.05) is 10.9 Å². The molecule has 0 saturated carbocycles. The summed E-state index contributed by atoms with van der Waals surface area (Å²) in [5, 5.41) is 6.01. The molecule has 0 aliphatic rings. The Morgan fingerprint density at radius 1 is 1.00 bits per heavy atom. The maximum atomic E-state index is 11.8. The Morgan fingerprint density at radius 3 is 2.48 bits per heavy atom. The predicted octanol–water partition coefficient (Wildman–Crippen LogP) is 3.38. The molecule has 3 rings (SSSR count). The Labute approximate surface area is 145 Å². The van der Waals surface area contributed by atoms with Gasteiger partial charge in [-0.05, 0) is 29.7 Å². The number of nitrogens with one attached hydrogen (secondary N) is 1. The number of rotatable bonds is 6. The Morgan fingerprint density at radius 2 is 1.72 bits per heavy atom. The van der Waals surface area contributed by atoms with Gasteiger partial charge in [0.15, 0.2) is 6.61 Å². The lowest BCUT2D eigenvalue weighted by Gasteiger charge is -2.07. The number of carbonyl (C=O) groups excluding carboxylic acids is 1. The van der Waals surface area contributed by atoms with Gasteiger partial charge in [0.05, 0.1) is 13.3 Å². The van der Waals surface area contributed by atoms with Gasteiger partial charge in [-0.3, -0.25) is 4.79 Å². The van der Waals surface area contributed by atoms with Gasteiger partial charge < -0.3 is 9.47 Å². The molecule has 1 N–H and O–H groups in total. The number of methoxy groups -OCH3 is 1. The van der Waals surface area contributed by atoms with Crippen LogP contribution >= 0.6 is 0 Å². The summed E-state index contributed by atoms with van der Waals surface area (Å²) in [6, 6.07) is 20.8. The molecule has 0 spiro atoms. The van der Waals surface area contributed by atoms with E-state index in [1.807, 2.05) is 54.6 Å². The van der Waals surface area contributed by atoms with Crippen molar-refractivity contribution in [2.45, 2.75) is 0 Å². The smallest absolute Gasteiger partial charge is 0.277 e. The van der Waals surface area contributed by atoms with E-state index in [4.69, 9.17) is 9.47 Å². The number of fused-ring (bicyclic) bond motifs is 1. The summed E-state index contributed by atoms with van der Waals surface area (Å²) >= 11 is 0. The summed E-state index contributed by atoms with van der Waals surface area (Å²) in [4.78, 5) is 11.8. The van der Waals surface area contributed by atoms with Gasteiger partial charge in [-0.15, -0.1) is 0 Å². The van der Waals surface area contributed by atoms with E-state index < -0.39 is 0 Å². The molecule has 0 unspecified atom stereocenters. The lowest BCUT2D eigenvalue weighted by atomic mass is 10.0. The van der Waals surface area contributed by atoms with Crippen LogP contribution < -0.4 is 14.9 Å². The van der Waals surface area contributed by atoms with Crippen LogP contribution in [0.25, 0.3) is 10.8 Å². The second kappa shape index (κ2) is 7.97. The third kappa shape index (κ3) is 4.14. The van der Waals surface area contributed by atoms with Crippen LogP contribution in [0.4, 0.5) is 0 Å². The summed E-state index contributed by atoms with van der Waals surface area (Å²) in [7, 11) is 1.64. The topological polar surface area (TPSA) is 59.9 Å². The van der Waals surface area contributed by atoms with Crippen molar-refractivity contribution in [3.05, 3.63) is 72.3 Å². The van der Waals surface area contributed by atoms with E-state index in [0.717, 1.165) is 22.1 Å². The zero-order valence-corrected chi connectivity index (χ0v) is 13.8. The molecule has 3 aromatic rings. The van der Waals surface area contributed by atoms with Crippen LogP contribution in [-0.2, 0) is 4.79 Å². The largest absolute Gasteiger partial charge is 0.496 e. The number of amides is 1. The van der Waals surface area contributed by atoms with E-state index in [9.17, 15) is 4.79 Å². The first-order valence-electron chi connectivity index (χ1n) is 7.83. The molecule has 126 valence electrons. The number of hydrogen-bond donors (Lipinski definition) is 1. The molecule has 5 heteroatoms. The highest BCUT2D eigenvalue weighted by atomic mass is 16.5. The molecule has 0 heterocycles. The quantitative estimate of drug-likeness (QED) is 0.555. The van der Waals surface area contributed by atoms with Crippen molar-refractivity contribution >= 4 is 22.9 Å². The number of carbonyl (C=O) groups is 1. The van der Waals surface area contributed by atoms with Gasteiger partial charge in [-0.2, -0.15) is 5.10 Å². The minimum absolute atomic E-state index is 0.0925. The minimum atomic E-state index is -0.321. The zero-order chi connectivity index (χ0) is 17.5. The first-order chi connectivity index (χ1) is 12.3. The van der Waals surface area contributed by atoms with Crippen LogP contribution in [0.3, 0.4) is 0 Å². The number of hydrazone groups is 1. The molecule has 0 fully saturated rings. The van der Waals surface area contributed by atoms with Crippen molar-refractivity contribution < 1.29 is 14.3 Å². The van der Waals surface area contributed by atoms with E-state index in [-0.39, 0.29) is 12.5 Å². The van der Waals surface area contributed by atoms with Crippen LogP contribution in [-0.4, -0.2) is 25.8 Å². The number of benzene rings is 3. The summed E-state index contributed by atoms with van der Waals surface area (Å²) in [5.74, 6) is 1.12. The fourth-order valence-corrected chi connectivity index (χ4v) is 2.46. The highest BCUT2D eigenvalue weighted by molar-refractivity contribution is 6.02. The average molecular weight is 334 g/mol. The average Bonchev–Trinajstić information content (AvgIpc) is 2.67. The standard InChI is InChI=1S/C20H18N2O3/c1-24-19-12-11-15(17-9-5-6-10-18(17)19)13-21-22-20(23)14-25-16-7-3-2-4-8-16/h2-13H,14H2,1H3,(H,22,23)/b21-13+. The molecule has 1 amide bonds. The van der Waals surface area contributed by atoms with Crippen LogP contribution in [0, 0.1) is 0 Å². The molecule has 0 aromatic heterocycles. The molecule has 0 saturated heterocycles. The maximum Gasteiger partial charge on any atom is 0.277 e. The van der Waals surface area contributed by atoms with Crippen molar-refractivity contribution in [3.63, 3.8) is 0 Å². The molecular weight excluding hydrogens is 316 g/mol. The van der Waals surface area contributed by atoms with Gasteiger partial charge >= 0.3 is 0 Å². The zero-order valence-electron chi connectivity index (χ0n) is 13.8. The first kappa shape index (κ1) is 16.5. The van der Waals surface area contributed by atoms with Gasteiger partial charge in [-0.1, -0.05) is 42.5 Å². The number of nitrogens with zero attached hydrogens (tertiary/aromatic N) is 1. The third-order valence-corrected chi connectivity index (χ3v) is 3.64. The monoisotopic (exact) mass is 334 g/mol. The highest BCUT2D eigenvalue weighted by Crippen LogP contribution is 2.27. The normalized spacial score (nSPS) is 10.8. The fraction of sp³-hybridized carbons (Fsp3) is 0.100. The first-order valence-corrected chi connectivity index (χ1v) is 7.83. The lowest BCUT2D eigenvalue weighted by Crippen LogP contribution is -2.24. The van der Waals surface area contributed by atoms with Crippen LogP contribution in [0.5, 0.6) is 11.5 Å². The predicted molar refractivity (Wildman–Crippen MR) is 98.2 cm³/mol. The molecule has 0 aliphatic heterocycles. The molecule has 0 radical (unpaired) electrons. The maximum absolute atomic E-state index is 11.8. The van der Waals surface area contributed by atoms with E-state index in [1.165, 1.54) is 0 Å². The molecule has 3 aromatic carbocycles. The molecule has 0 aliphatic carbocycles. The fourth-order valence-electron chi connectivity index (χ4n) is 2.46. The van der Waals surface area contributed by atoms with E-state index in [2.05, 4.69) is 10.5 Å². The van der Waals surface area contributed by atoms with Gasteiger partial charge in [-0.25, -0.2) is 5.43 Å². The van der Waals surface area contributed by atoms with Gasteiger partial charge in [0.1, 0.15) is 11.5 Å². The third-order valence-electron chi connectivity index (χ3n) is 3.64. The van der Waals surface area contributed by atoms with Crippen molar-refractivity contribution in [1.82, 2.24) is 5.43 Å². The van der Waals surface area contributed by atoms with Crippen molar-refractivity contribution in [2.24, 2.45) is 5.10 Å². The lowest BCUT2D eigenvalue weighted by molar-refractivity contribution is -0.123. The molecule has 0 atom stereocenters. The van der Waals surface area contributed by atoms with Gasteiger partial charge in [0.2, 0.25) is 0 Å². The summed E-state index contributed by atoms with van der Waals surface area (Å²) in [5.41, 5.74) is 3.36. The second-order valence-electron chi connectivity index (χ2n) is 5.30. The summed E-state index contributed by atoms with van der Waals surface area (Å²) in [6.07, 6.45) is 1.61. The summed E-state index contributed by atoms with van der Waals surface area (Å²) < 4.78 is 10.7. The minimum Gasteiger partial charge on any atom is -0.496 e. The Bertz CT molecular complexity index is 892.